The van der Waals surface area contributed by atoms with Crippen LogP contribution in [0.2, 0.25) is 0 Å². The van der Waals surface area contributed by atoms with E-state index in [2.05, 4.69) is 72.6 Å². The first-order chi connectivity index (χ1) is 20.1. The molecule has 218 valence electrons. The molecule has 0 radical (unpaired) electrons. The molecular formula is C30H41N9O2. The van der Waals surface area contributed by atoms with Crippen LogP contribution < -0.4 is 16.0 Å². The van der Waals surface area contributed by atoms with Gasteiger partial charge in [-0.3, -0.25) is 4.90 Å². The molecule has 11 nitrogen and oxygen atoms in total. The SMILES string of the molecule is CN/C(=N\C#N)N[C@H]1CC[C@H](c2cc(-c3ccc(CN4CCOCC4)cc3)c3cnc(N[C@@H](C)COC)nn32)CC1. The maximum atomic E-state index is 8.93. The van der Waals surface area contributed by atoms with Gasteiger partial charge in [-0.15, -0.1) is 10.1 Å². The normalized spacial score (nSPS) is 20.9. The van der Waals surface area contributed by atoms with Gasteiger partial charge in [0, 0.05) is 63.1 Å². The van der Waals surface area contributed by atoms with Gasteiger partial charge < -0.3 is 25.4 Å². The molecule has 2 fully saturated rings. The fourth-order valence-electron chi connectivity index (χ4n) is 5.86. The Morgan fingerprint density at radius 1 is 1.20 bits per heavy atom. The number of aliphatic imine (C=N–C) groups is 1. The minimum Gasteiger partial charge on any atom is -0.383 e. The summed E-state index contributed by atoms with van der Waals surface area (Å²) >= 11 is 0. The minimum absolute atomic E-state index is 0.0907. The van der Waals surface area contributed by atoms with Gasteiger partial charge in [0.2, 0.25) is 18.1 Å². The Bertz CT molecular complexity index is 1350. The molecule has 1 aliphatic carbocycles. The molecule has 1 atom stereocenters. The largest absolute Gasteiger partial charge is 0.383 e. The third kappa shape index (κ3) is 7.14. The summed E-state index contributed by atoms with van der Waals surface area (Å²) in [6, 6.07) is 11.6. The van der Waals surface area contributed by atoms with Crippen molar-refractivity contribution in [1.29, 1.82) is 5.26 Å². The van der Waals surface area contributed by atoms with Crippen molar-refractivity contribution in [1.82, 2.24) is 30.1 Å². The highest BCUT2D eigenvalue weighted by atomic mass is 16.5. The molecule has 0 amide bonds. The summed E-state index contributed by atoms with van der Waals surface area (Å²) in [5, 5.41) is 23.6. The van der Waals surface area contributed by atoms with Crippen molar-refractivity contribution < 1.29 is 9.47 Å². The van der Waals surface area contributed by atoms with Crippen molar-refractivity contribution in [2.24, 2.45) is 4.99 Å². The summed E-state index contributed by atoms with van der Waals surface area (Å²) in [7, 11) is 3.47. The molecule has 41 heavy (non-hydrogen) atoms. The number of methoxy groups -OCH3 is 1. The van der Waals surface area contributed by atoms with Gasteiger partial charge in [0.25, 0.3) is 0 Å². The summed E-state index contributed by atoms with van der Waals surface area (Å²) in [5.41, 5.74) is 5.83. The average molecular weight is 560 g/mol. The second-order valence-corrected chi connectivity index (χ2v) is 11.0. The smallest absolute Gasteiger partial charge is 0.241 e. The molecule has 3 N–H and O–H groups in total. The molecule has 0 unspecified atom stereocenters. The second kappa shape index (κ2) is 13.8. The summed E-state index contributed by atoms with van der Waals surface area (Å²) in [4.78, 5) is 10.9. The number of anilines is 1. The standard InChI is InChI=1S/C30H41N9O2/c1-21(19-40-3)35-30-33-17-28-26(23-6-4-22(5-7-23)18-38-12-14-41-15-13-38)16-27(39(28)37-30)24-8-10-25(11-9-24)36-29(32-2)34-20-31/h4-7,16-17,21,24-25H,8-15,18-19H2,1-3H3,(H,35,37)(H2,32,34,36)/t21-,24-,25-/m0/s1. The Labute approximate surface area is 241 Å². The topological polar surface area (TPSA) is 124 Å². The molecule has 0 bridgehead atoms. The number of guanidine groups is 1. The van der Waals surface area contributed by atoms with E-state index in [-0.39, 0.29) is 12.1 Å². The molecule has 5 rings (SSSR count). The van der Waals surface area contributed by atoms with Crippen LogP contribution in [0.1, 0.15) is 49.8 Å². The number of fused-ring (bicyclic) bond motifs is 1. The fourth-order valence-corrected chi connectivity index (χ4v) is 5.86. The maximum absolute atomic E-state index is 8.93. The van der Waals surface area contributed by atoms with Crippen LogP contribution in [0.4, 0.5) is 5.95 Å². The average Bonchev–Trinajstić information content (AvgIpc) is 3.37. The Hall–Kier alpha value is -3.72. The van der Waals surface area contributed by atoms with E-state index in [1.54, 1.807) is 14.2 Å². The van der Waals surface area contributed by atoms with Crippen LogP contribution in [0.5, 0.6) is 0 Å². The Kier molecular flexibility index (Phi) is 9.67. The van der Waals surface area contributed by atoms with E-state index in [1.807, 2.05) is 12.4 Å². The van der Waals surface area contributed by atoms with E-state index in [0.717, 1.165) is 69.6 Å². The third-order valence-corrected chi connectivity index (χ3v) is 8.00. The third-order valence-electron chi connectivity index (χ3n) is 8.00. The van der Waals surface area contributed by atoms with E-state index in [9.17, 15) is 0 Å². The first kappa shape index (κ1) is 28.8. The molecule has 1 aliphatic heterocycles. The molecular weight excluding hydrogens is 518 g/mol. The fraction of sp³-hybridized carbons (Fsp3) is 0.533. The number of ether oxygens (including phenoxy) is 2. The molecule has 0 spiro atoms. The van der Waals surface area contributed by atoms with Gasteiger partial charge in [-0.1, -0.05) is 24.3 Å². The van der Waals surface area contributed by atoms with Crippen LogP contribution in [0.3, 0.4) is 0 Å². The van der Waals surface area contributed by atoms with E-state index >= 15 is 0 Å². The van der Waals surface area contributed by atoms with Crippen LogP contribution >= 0.6 is 0 Å². The van der Waals surface area contributed by atoms with Crippen LogP contribution in [0, 0.1) is 11.5 Å². The highest BCUT2D eigenvalue weighted by Gasteiger charge is 2.27. The zero-order chi connectivity index (χ0) is 28.6. The molecule has 2 aromatic heterocycles. The van der Waals surface area contributed by atoms with Crippen molar-refractivity contribution in [3.8, 4) is 17.3 Å². The number of aromatic nitrogens is 3. The Morgan fingerprint density at radius 2 is 1.95 bits per heavy atom. The Balaban J connectivity index is 1.40. The zero-order valence-corrected chi connectivity index (χ0v) is 24.3. The first-order valence-electron chi connectivity index (χ1n) is 14.5. The lowest BCUT2D eigenvalue weighted by Crippen LogP contribution is -2.43. The Morgan fingerprint density at radius 3 is 2.63 bits per heavy atom. The lowest BCUT2D eigenvalue weighted by Gasteiger charge is -2.29. The molecule has 3 heterocycles. The van der Waals surface area contributed by atoms with Gasteiger partial charge in [-0.25, -0.2) is 9.50 Å². The van der Waals surface area contributed by atoms with Crippen molar-refractivity contribution in [3.05, 3.63) is 47.8 Å². The van der Waals surface area contributed by atoms with Crippen molar-refractivity contribution in [2.45, 2.75) is 57.2 Å². The van der Waals surface area contributed by atoms with Crippen LogP contribution in [-0.4, -0.2) is 84.6 Å². The number of hydrogen-bond donors (Lipinski definition) is 3. The molecule has 2 aliphatic rings. The van der Waals surface area contributed by atoms with Gasteiger partial charge in [0.15, 0.2) is 0 Å². The minimum atomic E-state index is 0.0907. The van der Waals surface area contributed by atoms with Crippen molar-refractivity contribution in [3.63, 3.8) is 0 Å². The monoisotopic (exact) mass is 559 g/mol. The van der Waals surface area contributed by atoms with Gasteiger partial charge >= 0.3 is 0 Å². The van der Waals surface area contributed by atoms with Crippen LogP contribution in [-0.2, 0) is 16.0 Å². The number of nitrogens with zero attached hydrogens (tertiary/aromatic N) is 6. The number of nitriles is 1. The number of hydrogen-bond acceptors (Lipinski definition) is 8. The van der Waals surface area contributed by atoms with E-state index in [0.29, 0.717) is 24.4 Å². The highest BCUT2D eigenvalue weighted by Crippen LogP contribution is 2.37. The highest BCUT2D eigenvalue weighted by molar-refractivity contribution is 5.82. The molecule has 1 saturated heterocycles. The number of benzene rings is 1. The molecule has 1 aromatic carbocycles. The van der Waals surface area contributed by atoms with Crippen LogP contribution in [0.15, 0.2) is 41.5 Å². The van der Waals surface area contributed by atoms with Crippen molar-refractivity contribution >= 4 is 17.4 Å². The van der Waals surface area contributed by atoms with Gasteiger partial charge in [-0.2, -0.15) is 5.26 Å². The summed E-state index contributed by atoms with van der Waals surface area (Å²) in [5.74, 6) is 1.48. The van der Waals surface area contributed by atoms with E-state index in [4.69, 9.17) is 19.8 Å². The summed E-state index contributed by atoms with van der Waals surface area (Å²) in [6.07, 6.45) is 7.78. The molecule has 1 saturated carbocycles. The number of nitrogens with one attached hydrogen (secondary N) is 3. The summed E-state index contributed by atoms with van der Waals surface area (Å²) < 4.78 is 12.9. The zero-order valence-electron chi connectivity index (χ0n) is 24.3. The van der Waals surface area contributed by atoms with Crippen LogP contribution in [0.25, 0.3) is 16.6 Å². The van der Waals surface area contributed by atoms with Gasteiger partial charge in [0.05, 0.1) is 31.5 Å². The van der Waals surface area contributed by atoms with E-state index in [1.165, 1.54) is 16.8 Å². The number of morpholine rings is 1. The first-order valence-corrected chi connectivity index (χ1v) is 14.5. The quantitative estimate of drug-likeness (QED) is 0.206. The lowest BCUT2D eigenvalue weighted by atomic mass is 9.84. The molecule has 11 heteroatoms. The van der Waals surface area contributed by atoms with Gasteiger partial charge in [0.1, 0.15) is 0 Å². The lowest BCUT2D eigenvalue weighted by molar-refractivity contribution is 0.0342. The van der Waals surface area contributed by atoms with E-state index < -0.39 is 0 Å². The maximum Gasteiger partial charge on any atom is 0.241 e. The predicted molar refractivity (Wildman–Crippen MR) is 160 cm³/mol. The second-order valence-electron chi connectivity index (χ2n) is 11.0. The van der Waals surface area contributed by atoms with Crippen molar-refractivity contribution in [2.75, 3.05) is 52.4 Å². The van der Waals surface area contributed by atoms with Gasteiger partial charge in [-0.05, 0) is 49.8 Å². The predicted octanol–water partition coefficient (Wildman–Crippen LogP) is 3.35. The summed E-state index contributed by atoms with van der Waals surface area (Å²) in [6.45, 7) is 7.14. The number of rotatable bonds is 9. The molecule has 3 aromatic rings.